The van der Waals surface area contributed by atoms with Crippen LogP contribution >= 0.6 is 0 Å². The van der Waals surface area contributed by atoms with Crippen LogP contribution in [0.5, 0.6) is 0 Å². The van der Waals surface area contributed by atoms with Gasteiger partial charge in [-0.1, -0.05) is 0 Å². The van der Waals surface area contributed by atoms with Crippen LogP contribution in [0.4, 0.5) is 0 Å². The molecule has 0 aromatic heterocycles. The predicted octanol–water partition coefficient (Wildman–Crippen LogP) is 0.733. The molecule has 2 aliphatic rings. The molecule has 4 nitrogen and oxygen atoms in total. The lowest BCUT2D eigenvalue weighted by atomic mass is 10.2. The molecular formula is C7H10N2O2S. The first kappa shape index (κ1) is 7.79. The van der Waals surface area contributed by atoms with Gasteiger partial charge in [0.25, 0.3) is 0 Å². The first-order chi connectivity index (χ1) is 5.58. The second kappa shape index (κ2) is 2.32. The Labute approximate surface area is 71.6 Å². The standard InChI is InChI=1S/C7H10N2O2S/c1-5-6-3-2-4-7(6)9-12(10,11)8-5/h8H,2-4H2,1H3. The Bertz CT molecular complexity index is 378. The summed E-state index contributed by atoms with van der Waals surface area (Å²) in [4.78, 5) is 0. The van der Waals surface area contributed by atoms with E-state index in [1.807, 2.05) is 0 Å². The van der Waals surface area contributed by atoms with Gasteiger partial charge in [-0.25, -0.2) is 0 Å². The summed E-state index contributed by atoms with van der Waals surface area (Å²) in [6.07, 6.45) is 2.77. The minimum absolute atomic E-state index is 0.748. The van der Waals surface area contributed by atoms with Crippen LogP contribution in [0.2, 0.25) is 0 Å². The molecule has 0 atom stereocenters. The summed E-state index contributed by atoms with van der Waals surface area (Å²) in [5, 5.41) is 0. The molecule has 0 aromatic carbocycles. The SMILES string of the molecule is CC1=C2CCCC2=NS(=O)(=O)N1. The van der Waals surface area contributed by atoms with Gasteiger partial charge in [-0.05, 0) is 31.8 Å². The van der Waals surface area contributed by atoms with Crippen LogP contribution in [0.1, 0.15) is 26.2 Å². The fourth-order valence-corrected chi connectivity index (χ4v) is 2.70. The minimum atomic E-state index is -3.41. The van der Waals surface area contributed by atoms with E-state index in [-0.39, 0.29) is 0 Å². The Hall–Kier alpha value is -0.840. The Morgan fingerprint density at radius 2 is 2.17 bits per heavy atom. The number of fused-ring (bicyclic) bond motifs is 1. The smallest absolute Gasteiger partial charge is 0.269 e. The molecule has 0 aromatic rings. The second-order valence-electron chi connectivity index (χ2n) is 3.07. The van der Waals surface area contributed by atoms with Gasteiger partial charge in [-0.2, -0.15) is 8.42 Å². The van der Waals surface area contributed by atoms with Crippen molar-refractivity contribution in [2.45, 2.75) is 26.2 Å². The number of hydrogen-bond donors (Lipinski definition) is 1. The zero-order valence-electron chi connectivity index (χ0n) is 6.79. The van der Waals surface area contributed by atoms with Crippen molar-refractivity contribution in [1.29, 1.82) is 0 Å². The minimum Gasteiger partial charge on any atom is -0.269 e. The van der Waals surface area contributed by atoms with Gasteiger partial charge in [-0.3, -0.25) is 4.72 Å². The molecule has 2 rings (SSSR count). The average Bonchev–Trinajstić information content (AvgIpc) is 2.31. The maximum atomic E-state index is 11.1. The Morgan fingerprint density at radius 3 is 2.92 bits per heavy atom. The molecular weight excluding hydrogens is 176 g/mol. The monoisotopic (exact) mass is 186 g/mol. The van der Waals surface area contributed by atoms with E-state index in [2.05, 4.69) is 9.12 Å². The van der Waals surface area contributed by atoms with Crippen LogP contribution in [0, 0.1) is 0 Å². The summed E-state index contributed by atoms with van der Waals surface area (Å²) in [5.41, 5.74) is 2.59. The van der Waals surface area contributed by atoms with Crippen LogP contribution in [-0.2, 0) is 10.2 Å². The molecule has 0 spiro atoms. The number of rotatable bonds is 0. The highest BCUT2D eigenvalue weighted by Gasteiger charge is 2.26. The van der Waals surface area contributed by atoms with Gasteiger partial charge in [0.2, 0.25) is 0 Å². The molecule has 1 fully saturated rings. The van der Waals surface area contributed by atoms with Crippen LogP contribution in [-0.4, -0.2) is 14.1 Å². The van der Waals surface area contributed by atoms with Crippen LogP contribution < -0.4 is 4.72 Å². The van der Waals surface area contributed by atoms with E-state index >= 15 is 0 Å². The summed E-state index contributed by atoms with van der Waals surface area (Å²) in [7, 11) is -3.41. The first-order valence-electron chi connectivity index (χ1n) is 3.90. The topological polar surface area (TPSA) is 58.5 Å². The Kier molecular flexibility index (Phi) is 1.51. The van der Waals surface area contributed by atoms with E-state index in [4.69, 9.17) is 0 Å². The van der Waals surface area contributed by atoms with E-state index in [0.29, 0.717) is 0 Å². The maximum absolute atomic E-state index is 11.1. The summed E-state index contributed by atoms with van der Waals surface area (Å²) >= 11 is 0. The normalized spacial score (nSPS) is 26.2. The van der Waals surface area contributed by atoms with Gasteiger partial charge < -0.3 is 0 Å². The third kappa shape index (κ3) is 1.14. The molecule has 12 heavy (non-hydrogen) atoms. The van der Waals surface area contributed by atoms with Crippen molar-refractivity contribution in [3.8, 4) is 0 Å². The maximum Gasteiger partial charge on any atom is 0.342 e. The van der Waals surface area contributed by atoms with Crippen LogP contribution in [0.15, 0.2) is 15.7 Å². The summed E-state index contributed by atoms with van der Waals surface area (Å²) in [6, 6.07) is 0. The summed E-state index contributed by atoms with van der Waals surface area (Å²) in [5.74, 6) is 0. The van der Waals surface area contributed by atoms with E-state index in [1.54, 1.807) is 6.92 Å². The summed E-state index contributed by atoms with van der Waals surface area (Å²) in [6.45, 7) is 1.78. The fourth-order valence-electron chi connectivity index (χ4n) is 1.66. The second-order valence-corrected chi connectivity index (χ2v) is 4.41. The highest BCUT2D eigenvalue weighted by molar-refractivity contribution is 7.88. The van der Waals surface area contributed by atoms with Crippen molar-refractivity contribution in [2.75, 3.05) is 0 Å². The number of nitrogens with one attached hydrogen (secondary N) is 1. The molecule has 1 heterocycles. The van der Waals surface area contributed by atoms with Gasteiger partial charge in [0.05, 0.1) is 5.71 Å². The van der Waals surface area contributed by atoms with Gasteiger partial charge in [0.15, 0.2) is 0 Å². The lowest BCUT2D eigenvalue weighted by Gasteiger charge is -2.13. The van der Waals surface area contributed by atoms with Crippen LogP contribution in [0.3, 0.4) is 0 Å². The molecule has 1 aliphatic carbocycles. The molecule has 0 bridgehead atoms. The highest BCUT2D eigenvalue weighted by atomic mass is 32.2. The zero-order valence-corrected chi connectivity index (χ0v) is 7.61. The van der Waals surface area contributed by atoms with Crippen molar-refractivity contribution in [3.63, 3.8) is 0 Å². The first-order valence-corrected chi connectivity index (χ1v) is 5.34. The highest BCUT2D eigenvalue weighted by Crippen LogP contribution is 2.27. The van der Waals surface area contributed by atoms with Gasteiger partial charge >= 0.3 is 10.2 Å². The largest absolute Gasteiger partial charge is 0.342 e. The van der Waals surface area contributed by atoms with E-state index in [1.165, 1.54) is 0 Å². The fraction of sp³-hybridized carbons (Fsp3) is 0.571. The van der Waals surface area contributed by atoms with Crippen molar-refractivity contribution in [3.05, 3.63) is 11.3 Å². The third-order valence-corrected chi connectivity index (χ3v) is 3.18. The third-order valence-electron chi connectivity index (χ3n) is 2.15. The van der Waals surface area contributed by atoms with Gasteiger partial charge in [0.1, 0.15) is 0 Å². The molecule has 0 unspecified atom stereocenters. The molecule has 1 saturated carbocycles. The molecule has 66 valence electrons. The van der Waals surface area contributed by atoms with Gasteiger partial charge in [0, 0.05) is 5.70 Å². The molecule has 5 heteroatoms. The number of nitrogens with zero attached hydrogens (tertiary/aromatic N) is 1. The van der Waals surface area contributed by atoms with E-state index in [0.717, 1.165) is 36.2 Å². The van der Waals surface area contributed by atoms with Gasteiger partial charge in [-0.15, -0.1) is 4.40 Å². The Morgan fingerprint density at radius 1 is 1.42 bits per heavy atom. The van der Waals surface area contributed by atoms with Crippen LogP contribution in [0.25, 0.3) is 0 Å². The zero-order chi connectivity index (χ0) is 8.77. The lowest BCUT2D eigenvalue weighted by Crippen LogP contribution is -2.26. The lowest BCUT2D eigenvalue weighted by molar-refractivity contribution is 0.589. The van der Waals surface area contributed by atoms with Crippen molar-refractivity contribution in [2.24, 2.45) is 4.40 Å². The van der Waals surface area contributed by atoms with E-state index < -0.39 is 10.2 Å². The quantitative estimate of drug-likeness (QED) is 0.606. The molecule has 0 amide bonds. The predicted molar refractivity (Wildman–Crippen MR) is 46.0 cm³/mol. The molecule has 0 radical (unpaired) electrons. The number of hydrogen-bond acceptors (Lipinski definition) is 2. The van der Waals surface area contributed by atoms with E-state index in [9.17, 15) is 8.42 Å². The number of allylic oxidation sites excluding steroid dienone is 2. The molecule has 1 aliphatic heterocycles. The molecule has 0 saturated heterocycles. The average molecular weight is 186 g/mol. The van der Waals surface area contributed by atoms with Crippen molar-refractivity contribution >= 4 is 15.9 Å². The molecule has 1 N–H and O–H groups in total. The summed E-state index contributed by atoms with van der Waals surface area (Å²) < 4.78 is 28.2. The van der Waals surface area contributed by atoms with Crippen molar-refractivity contribution in [1.82, 2.24) is 4.72 Å². The van der Waals surface area contributed by atoms with Crippen molar-refractivity contribution < 1.29 is 8.42 Å². The Balaban J connectivity index is 2.54.